The summed E-state index contributed by atoms with van der Waals surface area (Å²) in [6.07, 6.45) is 1.80. The molecule has 0 fully saturated rings. The van der Waals surface area contributed by atoms with E-state index in [-0.39, 0.29) is 0 Å². The molecule has 0 spiro atoms. The Balaban J connectivity index is 2.17. The smallest absolute Gasteiger partial charge is 0.0954 e. The maximum Gasteiger partial charge on any atom is 0.0954 e. The number of thiazole rings is 1. The van der Waals surface area contributed by atoms with E-state index in [2.05, 4.69) is 4.98 Å². The first-order chi connectivity index (χ1) is 7.66. The molecule has 1 N–H and O–H groups in total. The summed E-state index contributed by atoms with van der Waals surface area (Å²) in [5.41, 5.74) is 1.93. The third-order valence-electron chi connectivity index (χ3n) is 2.44. The fraction of sp³-hybridized carbons (Fsp3) is 0.250. The quantitative estimate of drug-likeness (QED) is 0.910. The summed E-state index contributed by atoms with van der Waals surface area (Å²) in [5, 5.41) is 13.6. The van der Waals surface area contributed by atoms with Crippen LogP contribution in [0.15, 0.2) is 29.8 Å². The van der Waals surface area contributed by atoms with Crippen LogP contribution in [0.3, 0.4) is 0 Å². The molecule has 0 bridgehead atoms. The minimum Gasteiger partial charge on any atom is -0.388 e. The Morgan fingerprint density at radius 3 is 2.94 bits per heavy atom. The molecule has 1 aromatic carbocycles. The normalized spacial score (nSPS) is 12.7. The summed E-state index contributed by atoms with van der Waals surface area (Å²) in [6.45, 7) is 1.95. The van der Waals surface area contributed by atoms with E-state index in [1.54, 1.807) is 23.6 Å². The van der Waals surface area contributed by atoms with E-state index in [1.807, 2.05) is 24.4 Å². The molecule has 2 nitrogen and oxygen atoms in total. The van der Waals surface area contributed by atoms with Gasteiger partial charge >= 0.3 is 0 Å². The number of benzene rings is 1. The number of aromatic nitrogens is 1. The van der Waals surface area contributed by atoms with Crippen LogP contribution in [0.1, 0.15) is 22.2 Å². The number of hydrogen-bond donors (Lipinski definition) is 1. The molecule has 16 heavy (non-hydrogen) atoms. The highest BCUT2D eigenvalue weighted by Crippen LogP contribution is 2.24. The number of aryl methyl sites for hydroxylation is 1. The van der Waals surface area contributed by atoms with Gasteiger partial charge in [0.15, 0.2) is 0 Å². The van der Waals surface area contributed by atoms with Gasteiger partial charge in [0.05, 0.1) is 11.1 Å². The topological polar surface area (TPSA) is 33.1 Å². The van der Waals surface area contributed by atoms with Crippen molar-refractivity contribution in [3.63, 3.8) is 0 Å². The summed E-state index contributed by atoms with van der Waals surface area (Å²) in [6, 6.07) is 5.53. The summed E-state index contributed by atoms with van der Waals surface area (Å²) in [5.74, 6) is 0. The average Bonchev–Trinajstić information content (AvgIpc) is 2.70. The van der Waals surface area contributed by atoms with Gasteiger partial charge in [-0.15, -0.1) is 11.3 Å². The molecule has 0 saturated carbocycles. The second kappa shape index (κ2) is 4.95. The number of nitrogens with zero attached hydrogens (tertiary/aromatic N) is 1. The van der Waals surface area contributed by atoms with Crippen molar-refractivity contribution in [1.82, 2.24) is 4.98 Å². The third-order valence-corrected chi connectivity index (χ3v) is 3.48. The molecular weight excluding hydrogens is 242 g/mol. The number of rotatable bonds is 3. The van der Waals surface area contributed by atoms with E-state index in [0.717, 1.165) is 16.1 Å². The lowest BCUT2D eigenvalue weighted by Gasteiger charge is -2.12. The van der Waals surface area contributed by atoms with Crippen LogP contribution in [0.4, 0.5) is 0 Å². The monoisotopic (exact) mass is 253 g/mol. The van der Waals surface area contributed by atoms with Crippen molar-refractivity contribution in [3.05, 3.63) is 50.9 Å². The van der Waals surface area contributed by atoms with Crippen molar-refractivity contribution >= 4 is 22.9 Å². The fourth-order valence-electron chi connectivity index (χ4n) is 1.64. The Hall–Kier alpha value is -0.900. The zero-order valence-corrected chi connectivity index (χ0v) is 10.4. The molecule has 1 aromatic heterocycles. The summed E-state index contributed by atoms with van der Waals surface area (Å²) < 4.78 is 0. The average molecular weight is 254 g/mol. The van der Waals surface area contributed by atoms with Gasteiger partial charge in [0.2, 0.25) is 0 Å². The largest absolute Gasteiger partial charge is 0.388 e. The van der Waals surface area contributed by atoms with Crippen LogP contribution in [0, 0.1) is 6.92 Å². The van der Waals surface area contributed by atoms with Crippen molar-refractivity contribution in [3.8, 4) is 0 Å². The zero-order valence-electron chi connectivity index (χ0n) is 8.85. The van der Waals surface area contributed by atoms with Gasteiger partial charge in [0.25, 0.3) is 0 Å². The Kier molecular flexibility index (Phi) is 3.59. The molecular formula is C12H12ClNOS. The zero-order chi connectivity index (χ0) is 11.5. The van der Waals surface area contributed by atoms with E-state index in [4.69, 9.17) is 11.6 Å². The second-order valence-electron chi connectivity index (χ2n) is 3.65. The van der Waals surface area contributed by atoms with Crippen molar-refractivity contribution in [2.75, 3.05) is 0 Å². The first kappa shape index (κ1) is 11.6. The minimum atomic E-state index is -0.511. The predicted octanol–water partition coefficient (Wildman–Crippen LogP) is 3.38. The molecule has 1 atom stereocenters. The van der Waals surface area contributed by atoms with Gasteiger partial charge in [-0.25, -0.2) is 4.98 Å². The van der Waals surface area contributed by atoms with Crippen LogP contribution >= 0.6 is 22.9 Å². The highest BCUT2D eigenvalue weighted by atomic mass is 35.5. The van der Waals surface area contributed by atoms with Crippen LogP contribution in [-0.2, 0) is 6.42 Å². The van der Waals surface area contributed by atoms with Gasteiger partial charge in [-0.3, -0.25) is 0 Å². The Morgan fingerprint density at radius 2 is 2.31 bits per heavy atom. The number of aliphatic hydroxyl groups is 1. The number of hydrogen-bond acceptors (Lipinski definition) is 3. The van der Waals surface area contributed by atoms with E-state index in [0.29, 0.717) is 11.4 Å². The maximum absolute atomic E-state index is 10.1. The van der Waals surface area contributed by atoms with Gasteiger partial charge in [-0.1, -0.05) is 17.7 Å². The van der Waals surface area contributed by atoms with Gasteiger partial charge < -0.3 is 5.11 Å². The Morgan fingerprint density at radius 1 is 1.50 bits per heavy atom. The van der Waals surface area contributed by atoms with Crippen molar-refractivity contribution in [2.45, 2.75) is 19.4 Å². The van der Waals surface area contributed by atoms with E-state index < -0.39 is 6.10 Å². The molecule has 0 amide bonds. The van der Waals surface area contributed by atoms with Crippen molar-refractivity contribution in [1.29, 1.82) is 0 Å². The fourth-order valence-corrected chi connectivity index (χ4v) is 2.52. The van der Waals surface area contributed by atoms with Crippen LogP contribution in [0.25, 0.3) is 0 Å². The number of aliphatic hydroxyl groups excluding tert-OH is 1. The standard InChI is InChI=1S/C12H12ClNOS/c1-8-6-9(13)2-3-10(8)11(15)7-12-14-4-5-16-12/h2-6,11,15H,7H2,1H3. The molecule has 0 aliphatic heterocycles. The van der Waals surface area contributed by atoms with E-state index >= 15 is 0 Å². The van der Waals surface area contributed by atoms with Crippen LogP contribution in [0.2, 0.25) is 5.02 Å². The van der Waals surface area contributed by atoms with Crippen molar-refractivity contribution < 1.29 is 5.11 Å². The van der Waals surface area contributed by atoms with Crippen molar-refractivity contribution in [2.24, 2.45) is 0 Å². The SMILES string of the molecule is Cc1cc(Cl)ccc1C(O)Cc1nccs1. The van der Waals surface area contributed by atoms with Crippen LogP contribution < -0.4 is 0 Å². The lowest BCUT2D eigenvalue weighted by Crippen LogP contribution is -2.03. The molecule has 84 valence electrons. The van der Waals surface area contributed by atoms with Crippen LogP contribution in [-0.4, -0.2) is 10.1 Å². The molecule has 1 unspecified atom stereocenters. The van der Waals surface area contributed by atoms with Gasteiger partial charge in [-0.2, -0.15) is 0 Å². The number of halogens is 1. The first-order valence-corrected chi connectivity index (χ1v) is 6.25. The Bertz CT molecular complexity index is 470. The molecule has 1 heterocycles. The Labute approximate surface area is 104 Å². The lowest BCUT2D eigenvalue weighted by molar-refractivity contribution is 0.177. The second-order valence-corrected chi connectivity index (χ2v) is 5.06. The van der Waals surface area contributed by atoms with E-state index in [1.165, 1.54) is 0 Å². The predicted molar refractivity (Wildman–Crippen MR) is 67.0 cm³/mol. The van der Waals surface area contributed by atoms with Crippen LogP contribution in [0.5, 0.6) is 0 Å². The summed E-state index contributed by atoms with van der Waals surface area (Å²) in [4.78, 5) is 4.16. The van der Waals surface area contributed by atoms with E-state index in [9.17, 15) is 5.11 Å². The van der Waals surface area contributed by atoms with Gasteiger partial charge in [0.1, 0.15) is 0 Å². The summed E-state index contributed by atoms with van der Waals surface area (Å²) in [7, 11) is 0. The van der Waals surface area contributed by atoms with Gasteiger partial charge in [-0.05, 0) is 30.2 Å². The highest BCUT2D eigenvalue weighted by molar-refractivity contribution is 7.09. The molecule has 0 aliphatic carbocycles. The lowest BCUT2D eigenvalue weighted by atomic mass is 10.0. The minimum absolute atomic E-state index is 0.511. The molecule has 2 rings (SSSR count). The third kappa shape index (κ3) is 2.61. The molecule has 0 aliphatic rings. The molecule has 0 radical (unpaired) electrons. The molecule has 2 aromatic rings. The van der Waals surface area contributed by atoms with Gasteiger partial charge in [0, 0.05) is 23.0 Å². The molecule has 0 saturated heterocycles. The maximum atomic E-state index is 10.1. The molecule has 4 heteroatoms. The summed E-state index contributed by atoms with van der Waals surface area (Å²) >= 11 is 7.43. The first-order valence-electron chi connectivity index (χ1n) is 4.99. The highest BCUT2D eigenvalue weighted by Gasteiger charge is 2.12.